The van der Waals surface area contributed by atoms with Gasteiger partial charge in [0.2, 0.25) is 0 Å². The largest absolute Gasteiger partial charge is 0.379 e. The molecule has 0 aromatic rings. The summed E-state index contributed by atoms with van der Waals surface area (Å²) in [5.41, 5.74) is 0. The Bertz CT molecular complexity index is 144. The Kier molecular flexibility index (Phi) is 2.19. The van der Waals surface area contributed by atoms with Gasteiger partial charge in [-0.2, -0.15) is 0 Å². The highest BCUT2D eigenvalue weighted by Gasteiger charge is 2.21. The standard InChI is InChI=1S/C8H13N2O/c1-2-9-7-8(1)10-3-5-11-6-4-10/h8H,1,3-7H2. The van der Waals surface area contributed by atoms with Crippen LogP contribution in [0, 0.1) is 0 Å². The van der Waals surface area contributed by atoms with Crippen LogP contribution >= 0.6 is 0 Å². The van der Waals surface area contributed by atoms with Crippen LogP contribution in [0.2, 0.25) is 0 Å². The molecule has 2 heterocycles. The lowest BCUT2D eigenvalue weighted by atomic mass is 10.2. The van der Waals surface area contributed by atoms with E-state index in [2.05, 4.69) is 16.1 Å². The number of morpholine rings is 1. The van der Waals surface area contributed by atoms with Crippen molar-refractivity contribution >= 4 is 6.21 Å². The van der Waals surface area contributed by atoms with Crippen molar-refractivity contribution in [3.8, 4) is 0 Å². The van der Waals surface area contributed by atoms with Gasteiger partial charge in [0.05, 0.1) is 26.0 Å². The van der Waals surface area contributed by atoms with Crippen molar-refractivity contribution in [2.24, 2.45) is 4.99 Å². The van der Waals surface area contributed by atoms with Gasteiger partial charge in [0.15, 0.2) is 0 Å². The van der Waals surface area contributed by atoms with E-state index in [1.54, 1.807) is 0 Å². The summed E-state index contributed by atoms with van der Waals surface area (Å²) in [7, 11) is 0. The van der Waals surface area contributed by atoms with Crippen LogP contribution < -0.4 is 0 Å². The van der Waals surface area contributed by atoms with E-state index in [4.69, 9.17) is 4.74 Å². The summed E-state index contributed by atoms with van der Waals surface area (Å²) in [5, 5.41) is 0. The summed E-state index contributed by atoms with van der Waals surface area (Å²) in [6.07, 6.45) is 4.03. The maximum absolute atomic E-state index is 5.27. The van der Waals surface area contributed by atoms with Gasteiger partial charge in [-0.05, 0) is 0 Å². The third-order valence-corrected chi connectivity index (χ3v) is 2.30. The van der Waals surface area contributed by atoms with Gasteiger partial charge in [-0.15, -0.1) is 0 Å². The lowest BCUT2D eigenvalue weighted by Gasteiger charge is -2.31. The monoisotopic (exact) mass is 153 g/mol. The Balaban J connectivity index is 1.83. The molecule has 0 aromatic heterocycles. The molecule has 1 saturated heterocycles. The number of rotatable bonds is 1. The second kappa shape index (κ2) is 3.32. The van der Waals surface area contributed by atoms with E-state index in [0.717, 1.165) is 39.3 Å². The summed E-state index contributed by atoms with van der Waals surface area (Å²) in [6.45, 7) is 4.86. The fraction of sp³-hybridized carbons (Fsp3) is 0.875. The Morgan fingerprint density at radius 1 is 1.36 bits per heavy atom. The molecule has 61 valence electrons. The van der Waals surface area contributed by atoms with Gasteiger partial charge < -0.3 is 4.74 Å². The summed E-state index contributed by atoms with van der Waals surface area (Å²) >= 11 is 0. The van der Waals surface area contributed by atoms with Crippen molar-refractivity contribution in [1.29, 1.82) is 0 Å². The molecular formula is C8H13N2O. The summed E-state index contributed by atoms with van der Waals surface area (Å²) < 4.78 is 5.27. The molecule has 11 heavy (non-hydrogen) atoms. The Labute approximate surface area is 67.1 Å². The number of hydrogen-bond donors (Lipinski definition) is 0. The predicted molar refractivity (Wildman–Crippen MR) is 43.1 cm³/mol. The molecule has 2 aliphatic rings. The first-order valence-corrected chi connectivity index (χ1v) is 4.18. The van der Waals surface area contributed by atoms with Crippen molar-refractivity contribution in [2.75, 3.05) is 32.8 Å². The lowest BCUT2D eigenvalue weighted by molar-refractivity contribution is 0.0213. The van der Waals surface area contributed by atoms with Crippen molar-refractivity contribution in [1.82, 2.24) is 4.90 Å². The molecule has 0 N–H and O–H groups in total. The average Bonchev–Trinajstić information content (AvgIpc) is 2.58. The van der Waals surface area contributed by atoms with Crippen LogP contribution in [0.3, 0.4) is 0 Å². The van der Waals surface area contributed by atoms with Crippen molar-refractivity contribution < 1.29 is 4.74 Å². The number of hydrogen-bond acceptors (Lipinski definition) is 3. The van der Waals surface area contributed by atoms with Gasteiger partial charge in [-0.25, -0.2) is 0 Å². The van der Waals surface area contributed by atoms with E-state index in [-0.39, 0.29) is 0 Å². The zero-order chi connectivity index (χ0) is 7.52. The topological polar surface area (TPSA) is 24.8 Å². The lowest BCUT2D eigenvalue weighted by Crippen LogP contribution is -2.43. The van der Waals surface area contributed by atoms with E-state index < -0.39 is 0 Å². The zero-order valence-electron chi connectivity index (χ0n) is 6.62. The molecule has 2 rings (SSSR count). The molecule has 0 aliphatic carbocycles. The van der Waals surface area contributed by atoms with Crippen LogP contribution in [0.4, 0.5) is 0 Å². The maximum atomic E-state index is 5.27. The highest BCUT2D eigenvalue weighted by atomic mass is 16.5. The second-order valence-corrected chi connectivity index (χ2v) is 3.01. The van der Waals surface area contributed by atoms with Crippen molar-refractivity contribution in [3.05, 3.63) is 0 Å². The maximum Gasteiger partial charge on any atom is 0.0594 e. The Morgan fingerprint density at radius 2 is 2.18 bits per heavy atom. The minimum absolute atomic E-state index is 0.624. The van der Waals surface area contributed by atoms with E-state index >= 15 is 0 Å². The van der Waals surface area contributed by atoms with E-state index in [0.29, 0.717) is 6.04 Å². The van der Waals surface area contributed by atoms with Crippen molar-refractivity contribution in [2.45, 2.75) is 12.5 Å². The molecule has 1 atom stereocenters. The van der Waals surface area contributed by atoms with Crippen LogP contribution in [0.1, 0.15) is 6.42 Å². The molecular weight excluding hydrogens is 140 g/mol. The van der Waals surface area contributed by atoms with Gasteiger partial charge in [0.25, 0.3) is 0 Å². The highest BCUT2D eigenvalue weighted by Crippen LogP contribution is 2.10. The Hall–Kier alpha value is -0.410. The van der Waals surface area contributed by atoms with Gasteiger partial charge in [-0.1, -0.05) is 0 Å². The molecule has 1 unspecified atom stereocenters. The van der Waals surface area contributed by atoms with Crippen LogP contribution in [0.5, 0.6) is 0 Å². The van der Waals surface area contributed by atoms with Gasteiger partial charge in [0, 0.05) is 25.6 Å². The molecule has 2 aliphatic heterocycles. The fourth-order valence-electron chi connectivity index (χ4n) is 1.59. The molecule has 0 aromatic carbocycles. The van der Waals surface area contributed by atoms with Crippen LogP contribution in [0.25, 0.3) is 0 Å². The minimum Gasteiger partial charge on any atom is -0.379 e. The third-order valence-electron chi connectivity index (χ3n) is 2.30. The average molecular weight is 153 g/mol. The SMILES string of the molecule is [C]1=NCC(N2CCOCC2)C1. The zero-order valence-corrected chi connectivity index (χ0v) is 6.62. The number of nitrogens with zero attached hydrogens (tertiary/aromatic N) is 2. The predicted octanol–water partition coefficient (Wildman–Crippen LogP) is 0.0387. The highest BCUT2D eigenvalue weighted by molar-refractivity contribution is 5.60. The molecule has 1 fully saturated rings. The van der Waals surface area contributed by atoms with E-state index in [1.807, 2.05) is 0 Å². The smallest absolute Gasteiger partial charge is 0.0594 e. The first kappa shape index (κ1) is 7.25. The van der Waals surface area contributed by atoms with Crippen LogP contribution in [-0.2, 0) is 4.74 Å². The molecule has 0 saturated carbocycles. The van der Waals surface area contributed by atoms with Gasteiger partial charge >= 0.3 is 0 Å². The van der Waals surface area contributed by atoms with Crippen molar-refractivity contribution in [3.63, 3.8) is 0 Å². The van der Waals surface area contributed by atoms with Crippen LogP contribution in [0.15, 0.2) is 4.99 Å². The van der Waals surface area contributed by atoms with Gasteiger partial charge in [0.1, 0.15) is 0 Å². The minimum atomic E-state index is 0.624. The third kappa shape index (κ3) is 1.60. The summed E-state index contributed by atoms with van der Waals surface area (Å²) in [4.78, 5) is 6.56. The quantitative estimate of drug-likeness (QED) is 0.531. The van der Waals surface area contributed by atoms with E-state index in [1.165, 1.54) is 0 Å². The van der Waals surface area contributed by atoms with E-state index in [9.17, 15) is 0 Å². The summed E-state index contributed by atoms with van der Waals surface area (Å²) in [5.74, 6) is 0. The van der Waals surface area contributed by atoms with Crippen LogP contribution in [-0.4, -0.2) is 50.0 Å². The molecule has 0 amide bonds. The summed E-state index contributed by atoms with van der Waals surface area (Å²) in [6, 6.07) is 0.624. The molecule has 3 nitrogen and oxygen atoms in total. The molecule has 0 spiro atoms. The van der Waals surface area contributed by atoms with Gasteiger partial charge in [-0.3, -0.25) is 9.89 Å². The molecule has 3 heteroatoms. The molecule has 1 radical (unpaired) electrons. The number of ether oxygens (including phenoxy) is 1. The number of aliphatic imine (C=N–C) groups is 1. The second-order valence-electron chi connectivity index (χ2n) is 3.01. The first-order valence-electron chi connectivity index (χ1n) is 4.18. The first-order chi connectivity index (χ1) is 5.47. The fourth-order valence-corrected chi connectivity index (χ4v) is 1.59. The normalized spacial score (nSPS) is 32.9. The molecule has 0 bridgehead atoms. The Morgan fingerprint density at radius 3 is 2.82 bits per heavy atom.